The number of hydrogen-bond acceptors (Lipinski definition) is 8. The number of nitrogens with two attached hydrogens (primary N) is 1. The van der Waals surface area contributed by atoms with Crippen LogP contribution < -0.4 is 16.0 Å². The summed E-state index contributed by atoms with van der Waals surface area (Å²) in [6.07, 6.45) is 3.05. The van der Waals surface area contributed by atoms with Crippen molar-refractivity contribution >= 4 is 35.1 Å². The van der Waals surface area contributed by atoms with Crippen LogP contribution in [0.2, 0.25) is 0 Å². The Morgan fingerprint density at radius 1 is 1.22 bits per heavy atom. The van der Waals surface area contributed by atoms with Crippen LogP contribution >= 0.6 is 0 Å². The van der Waals surface area contributed by atoms with E-state index in [1.165, 1.54) is 0 Å². The monoisotopic (exact) mass is 449 g/mol. The molecule has 2 aromatic heterocycles. The number of carbonyl (C=O) groups is 3. The standard InChI is InChI=1S/C19H27N5O4.C2H4O2/c1-12-5-6-15-16(21-12)23-19(28-15)24-10-7-13(8-11-24)17(25)22-14(18(26)27)4-2-3-9-20;1-2(3)4/h5-6,13-14H,2-4,7-11,20H2,1H3,(H,22,25)(H,26,27);1H3,(H,3,4)/t14-;/m0./s1. The summed E-state index contributed by atoms with van der Waals surface area (Å²) in [7, 11) is 0. The number of anilines is 1. The maximum Gasteiger partial charge on any atom is 0.326 e. The van der Waals surface area contributed by atoms with Gasteiger partial charge >= 0.3 is 5.97 Å². The highest BCUT2D eigenvalue weighted by atomic mass is 16.4. The second-order valence-corrected chi connectivity index (χ2v) is 7.74. The number of oxazole rings is 1. The molecular formula is C21H31N5O6. The molecule has 11 heteroatoms. The van der Waals surface area contributed by atoms with Gasteiger partial charge in [0.2, 0.25) is 11.6 Å². The summed E-state index contributed by atoms with van der Waals surface area (Å²) in [5.74, 6) is -2.25. The van der Waals surface area contributed by atoms with Gasteiger partial charge in [0.05, 0.1) is 0 Å². The predicted octanol–water partition coefficient (Wildman–Crippen LogP) is 1.54. The summed E-state index contributed by atoms with van der Waals surface area (Å²) < 4.78 is 5.77. The average Bonchev–Trinajstić information content (AvgIpc) is 3.16. The number of pyridine rings is 1. The molecule has 0 radical (unpaired) electrons. The van der Waals surface area contributed by atoms with Crippen LogP contribution in [0.4, 0.5) is 6.01 Å². The van der Waals surface area contributed by atoms with Gasteiger partial charge in [0.1, 0.15) is 6.04 Å². The van der Waals surface area contributed by atoms with Crippen LogP contribution in [0.3, 0.4) is 0 Å². The molecule has 1 aliphatic heterocycles. The fourth-order valence-electron chi connectivity index (χ4n) is 3.41. The first-order chi connectivity index (χ1) is 15.2. The molecule has 1 atom stereocenters. The number of unbranched alkanes of at least 4 members (excludes halogenated alkanes) is 1. The number of amides is 1. The SMILES string of the molecule is CC(=O)O.Cc1ccc2oc(N3CCC(C(=O)N[C@@H](CCCCN)C(=O)O)CC3)nc2n1. The molecule has 176 valence electrons. The summed E-state index contributed by atoms with van der Waals surface area (Å²) >= 11 is 0. The Hall–Kier alpha value is -3.21. The zero-order valence-electron chi connectivity index (χ0n) is 18.4. The van der Waals surface area contributed by atoms with Gasteiger partial charge in [-0.2, -0.15) is 4.98 Å². The predicted molar refractivity (Wildman–Crippen MR) is 117 cm³/mol. The quantitative estimate of drug-likeness (QED) is 0.433. The Morgan fingerprint density at radius 3 is 2.47 bits per heavy atom. The van der Waals surface area contributed by atoms with Gasteiger partial charge in [-0.05, 0) is 57.7 Å². The van der Waals surface area contributed by atoms with Crippen molar-refractivity contribution in [2.24, 2.45) is 11.7 Å². The summed E-state index contributed by atoms with van der Waals surface area (Å²) in [6, 6.07) is 3.38. The van der Waals surface area contributed by atoms with Crippen LogP contribution in [-0.2, 0) is 14.4 Å². The maximum atomic E-state index is 12.5. The molecule has 32 heavy (non-hydrogen) atoms. The number of fused-ring (bicyclic) bond motifs is 1. The molecule has 0 saturated carbocycles. The number of aromatic nitrogens is 2. The Morgan fingerprint density at radius 2 is 1.88 bits per heavy atom. The summed E-state index contributed by atoms with van der Waals surface area (Å²) in [6.45, 7) is 4.74. The zero-order valence-corrected chi connectivity index (χ0v) is 18.4. The number of rotatable bonds is 8. The highest BCUT2D eigenvalue weighted by Gasteiger charge is 2.30. The first-order valence-electron chi connectivity index (χ1n) is 10.6. The minimum Gasteiger partial charge on any atom is -0.481 e. The smallest absolute Gasteiger partial charge is 0.326 e. The lowest BCUT2D eigenvalue weighted by molar-refractivity contribution is -0.142. The third-order valence-electron chi connectivity index (χ3n) is 5.08. The van der Waals surface area contributed by atoms with Gasteiger partial charge < -0.3 is 30.6 Å². The largest absolute Gasteiger partial charge is 0.481 e. The van der Waals surface area contributed by atoms with E-state index in [1.807, 2.05) is 24.0 Å². The second-order valence-electron chi connectivity index (χ2n) is 7.74. The van der Waals surface area contributed by atoms with Gasteiger partial charge in [0.15, 0.2) is 5.58 Å². The van der Waals surface area contributed by atoms with Gasteiger partial charge in [-0.25, -0.2) is 9.78 Å². The lowest BCUT2D eigenvalue weighted by Crippen LogP contribution is -2.46. The van der Waals surface area contributed by atoms with Crippen molar-refractivity contribution in [3.05, 3.63) is 17.8 Å². The number of carboxylic acids is 2. The molecule has 1 saturated heterocycles. The van der Waals surface area contributed by atoms with Crippen molar-refractivity contribution in [3.8, 4) is 0 Å². The van der Waals surface area contributed by atoms with E-state index < -0.39 is 18.0 Å². The number of aryl methyl sites for hydroxylation is 1. The molecule has 1 aliphatic rings. The zero-order chi connectivity index (χ0) is 23.7. The molecule has 0 bridgehead atoms. The minimum atomic E-state index is -1.00. The molecule has 0 spiro atoms. The van der Waals surface area contributed by atoms with E-state index in [0.717, 1.165) is 19.0 Å². The van der Waals surface area contributed by atoms with Crippen LogP contribution in [0.25, 0.3) is 11.2 Å². The first-order valence-corrected chi connectivity index (χ1v) is 10.6. The first kappa shape index (κ1) is 25.1. The Bertz CT molecular complexity index is 919. The number of piperidine rings is 1. The molecule has 0 unspecified atom stereocenters. The van der Waals surface area contributed by atoms with Crippen molar-refractivity contribution in [2.45, 2.75) is 52.0 Å². The third-order valence-corrected chi connectivity index (χ3v) is 5.08. The topological polar surface area (TPSA) is 172 Å². The third kappa shape index (κ3) is 7.49. The van der Waals surface area contributed by atoms with Gasteiger partial charge in [-0.15, -0.1) is 0 Å². The van der Waals surface area contributed by atoms with Crippen LogP contribution in [0.5, 0.6) is 0 Å². The van der Waals surface area contributed by atoms with Crippen molar-refractivity contribution in [2.75, 3.05) is 24.5 Å². The summed E-state index contributed by atoms with van der Waals surface area (Å²) in [5, 5.41) is 19.4. The Labute approximate surface area is 186 Å². The van der Waals surface area contributed by atoms with Gasteiger partial charge in [-0.3, -0.25) is 9.59 Å². The van der Waals surface area contributed by atoms with E-state index in [-0.39, 0.29) is 11.8 Å². The fraction of sp³-hybridized carbons (Fsp3) is 0.571. The Balaban J connectivity index is 0.000000837. The molecule has 3 heterocycles. The second kappa shape index (κ2) is 12.0. The summed E-state index contributed by atoms with van der Waals surface area (Å²) in [4.78, 5) is 43.7. The lowest BCUT2D eigenvalue weighted by Gasteiger charge is -2.30. The van der Waals surface area contributed by atoms with Crippen molar-refractivity contribution in [1.82, 2.24) is 15.3 Å². The molecule has 1 amide bonds. The van der Waals surface area contributed by atoms with Crippen LogP contribution in [0.15, 0.2) is 16.5 Å². The van der Waals surface area contributed by atoms with Gasteiger partial charge in [0.25, 0.3) is 12.0 Å². The fourth-order valence-corrected chi connectivity index (χ4v) is 3.41. The van der Waals surface area contributed by atoms with Crippen LogP contribution in [0.1, 0.15) is 44.7 Å². The van der Waals surface area contributed by atoms with Crippen LogP contribution in [-0.4, -0.2) is 63.7 Å². The number of carboxylic acid groups (broad SMARTS) is 2. The Kier molecular flexibility index (Phi) is 9.39. The van der Waals surface area contributed by atoms with Gasteiger partial charge in [-0.1, -0.05) is 0 Å². The number of carbonyl (C=O) groups excluding carboxylic acids is 1. The van der Waals surface area contributed by atoms with E-state index >= 15 is 0 Å². The number of nitrogens with zero attached hydrogens (tertiary/aromatic N) is 3. The molecule has 2 aromatic rings. The highest BCUT2D eigenvalue weighted by molar-refractivity contribution is 5.85. The molecular weight excluding hydrogens is 418 g/mol. The van der Waals surface area contributed by atoms with E-state index in [4.69, 9.17) is 20.1 Å². The highest BCUT2D eigenvalue weighted by Crippen LogP contribution is 2.26. The number of hydrogen-bond donors (Lipinski definition) is 4. The summed E-state index contributed by atoms with van der Waals surface area (Å²) in [5.41, 5.74) is 7.54. The normalized spacial score (nSPS) is 15.0. The molecule has 0 aliphatic carbocycles. The van der Waals surface area contributed by atoms with Crippen LogP contribution in [0, 0.1) is 12.8 Å². The number of aliphatic carboxylic acids is 2. The maximum absolute atomic E-state index is 12.5. The van der Waals surface area contributed by atoms with E-state index in [0.29, 0.717) is 62.6 Å². The molecule has 0 aromatic carbocycles. The van der Waals surface area contributed by atoms with Crippen molar-refractivity contribution in [3.63, 3.8) is 0 Å². The van der Waals surface area contributed by atoms with E-state index in [2.05, 4.69) is 15.3 Å². The minimum absolute atomic E-state index is 0.199. The number of nitrogens with one attached hydrogen (secondary N) is 1. The van der Waals surface area contributed by atoms with E-state index in [9.17, 15) is 14.7 Å². The van der Waals surface area contributed by atoms with Gasteiger partial charge in [0, 0.05) is 31.6 Å². The van der Waals surface area contributed by atoms with E-state index in [1.54, 1.807) is 0 Å². The molecule has 11 nitrogen and oxygen atoms in total. The molecule has 1 fully saturated rings. The molecule has 5 N–H and O–H groups in total. The van der Waals surface area contributed by atoms with Crippen molar-refractivity contribution in [1.29, 1.82) is 0 Å². The molecule has 3 rings (SSSR count). The lowest BCUT2D eigenvalue weighted by atomic mass is 9.95. The van der Waals surface area contributed by atoms with Crippen molar-refractivity contribution < 1.29 is 29.0 Å². The average molecular weight is 450 g/mol.